The first-order chi connectivity index (χ1) is 10.9. The second kappa shape index (κ2) is 5.33. The summed E-state index contributed by atoms with van der Waals surface area (Å²) in [5.74, 6) is 0. The molecule has 0 radical (unpaired) electrons. The van der Waals surface area contributed by atoms with Crippen molar-refractivity contribution in [3.8, 4) is 22.4 Å². The van der Waals surface area contributed by atoms with E-state index in [-0.39, 0.29) is 0 Å². The van der Waals surface area contributed by atoms with Gasteiger partial charge >= 0.3 is 0 Å². The molecule has 0 fully saturated rings. The van der Waals surface area contributed by atoms with Gasteiger partial charge in [-0.3, -0.25) is 9.97 Å². The van der Waals surface area contributed by atoms with E-state index in [9.17, 15) is 0 Å². The molecular formula is C18H12N4. The third-order valence-electron chi connectivity index (χ3n) is 3.46. The molecule has 0 N–H and O–H groups in total. The summed E-state index contributed by atoms with van der Waals surface area (Å²) >= 11 is 0. The fourth-order valence-corrected chi connectivity index (χ4v) is 2.34. The van der Waals surface area contributed by atoms with E-state index in [0.717, 1.165) is 27.9 Å². The van der Waals surface area contributed by atoms with Gasteiger partial charge in [0.05, 0.1) is 11.9 Å². The molecule has 0 aliphatic rings. The van der Waals surface area contributed by atoms with Crippen LogP contribution in [0.2, 0.25) is 0 Å². The van der Waals surface area contributed by atoms with Crippen LogP contribution in [0.4, 0.5) is 0 Å². The topological polar surface area (TPSA) is 51.6 Å². The van der Waals surface area contributed by atoms with E-state index in [1.54, 1.807) is 12.4 Å². The minimum absolute atomic E-state index is 0.647. The molecule has 3 aromatic heterocycles. The van der Waals surface area contributed by atoms with E-state index >= 15 is 0 Å². The molecule has 4 heteroatoms. The van der Waals surface area contributed by atoms with Gasteiger partial charge in [-0.2, -0.15) is 0 Å². The minimum atomic E-state index is 0.647. The van der Waals surface area contributed by atoms with Gasteiger partial charge in [0.15, 0.2) is 5.65 Å². The maximum absolute atomic E-state index is 4.59. The third-order valence-corrected chi connectivity index (χ3v) is 3.46. The largest absolute Gasteiger partial charge is 0.264 e. The Morgan fingerprint density at radius 3 is 2.36 bits per heavy atom. The summed E-state index contributed by atoms with van der Waals surface area (Å²) in [7, 11) is 0. The number of fused-ring (bicyclic) bond motifs is 1. The second-order valence-corrected chi connectivity index (χ2v) is 4.93. The molecule has 0 saturated carbocycles. The van der Waals surface area contributed by atoms with E-state index in [0.29, 0.717) is 5.65 Å². The van der Waals surface area contributed by atoms with Crippen molar-refractivity contribution in [2.24, 2.45) is 0 Å². The van der Waals surface area contributed by atoms with Gasteiger partial charge in [-0.25, -0.2) is 9.97 Å². The van der Waals surface area contributed by atoms with Crippen molar-refractivity contribution in [1.29, 1.82) is 0 Å². The Morgan fingerprint density at radius 1 is 0.682 bits per heavy atom. The lowest BCUT2D eigenvalue weighted by molar-refractivity contribution is 1.22. The van der Waals surface area contributed by atoms with Crippen LogP contribution >= 0.6 is 0 Å². The van der Waals surface area contributed by atoms with E-state index < -0.39 is 0 Å². The quantitative estimate of drug-likeness (QED) is 0.562. The van der Waals surface area contributed by atoms with Crippen LogP contribution < -0.4 is 0 Å². The average Bonchev–Trinajstić information content (AvgIpc) is 2.62. The van der Waals surface area contributed by atoms with Gasteiger partial charge in [-0.05, 0) is 12.1 Å². The summed E-state index contributed by atoms with van der Waals surface area (Å²) in [4.78, 5) is 17.7. The SMILES string of the molecule is c1ccc(-c2cnc3cc(-c4cccnc4)cnc3n2)cc1. The van der Waals surface area contributed by atoms with Crippen molar-refractivity contribution in [2.45, 2.75) is 0 Å². The van der Waals surface area contributed by atoms with Crippen LogP contribution in [-0.2, 0) is 0 Å². The summed E-state index contributed by atoms with van der Waals surface area (Å²) in [6, 6.07) is 15.9. The molecule has 0 spiro atoms. The second-order valence-electron chi connectivity index (χ2n) is 4.93. The molecular weight excluding hydrogens is 272 g/mol. The molecule has 104 valence electrons. The molecule has 3 heterocycles. The molecule has 0 saturated heterocycles. The van der Waals surface area contributed by atoms with Crippen molar-refractivity contribution in [3.05, 3.63) is 73.3 Å². The van der Waals surface area contributed by atoms with E-state index in [4.69, 9.17) is 0 Å². The van der Waals surface area contributed by atoms with Crippen LogP contribution in [0.5, 0.6) is 0 Å². The van der Waals surface area contributed by atoms with E-state index in [2.05, 4.69) is 19.9 Å². The number of aromatic nitrogens is 4. The lowest BCUT2D eigenvalue weighted by Crippen LogP contribution is -1.92. The van der Waals surface area contributed by atoms with Crippen LogP contribution in [0.1, 0.15) is 0 Å². The summed E-state index contributed by atoms with van der Waals surface area (Å²) in [6.07, 6.45) is 7.16. The Morgan fingerprint density at radius 2 is 1.55 bits per heavy atom. The van der Waals surface area contributed by atoms with Gasteiger partial charge in [-0.1, -0.05) is 36.4 Å². The predicted molar refractivity (Wildman–Crippen MR) is 86.0 cm³/mol. The van der Waals surface area contributed by atoms with Gasteiger partial charge in [0.25, 0.3) is 0 Å². The van der Waals surface area contributed by atoms with Crippen LogP contribution in [0, 0.1) is 0 Å². The Kier molecular flexibility index (Phi) is 3.05. The summed E-state index contributed by atoms with van der Waals surface area (Å²) < 4.78 is 0. The molecule has 0 amide bonds. The fourth-order valence-electron chi connectivity index (χ4n) is 2.34. The van der Waals surface area contributed by atoms with Crippen molar-refractivity contribution < 1.29 is 0 Å². The molecule has 0 unspecified atom stereocenters. The first kappa shape index (κ1) is 12.6. The molecule has 0 aliphatic carbocycles. The summed E-state index contributed by atoms with van der Waals surface area (Å²) in [5.41, 5.74) is 5.30. The van der Waals surface area contributed by atoms with Crippen LogP contribution in [0.15, 0.2) is 73.3 Å². The molecule has 0 aliphatic heterocycles. The number of rotatable bonds is 2. The maximum Gasteiger partial charge on any atom is 0.178 e. The lowest BCUT2D eigenvalue weighted by Gasteiger charge is -2.04. The van der Waals surface area contributed by atoms with Gasteiger partial charge in [0.2, 0.25) is 0 Å². The van der Waals surface area contributed by atoms with E-state index in [1.165, 1.54) is 0 Å². The lowest BCUT2D eigenvalue weighted by atomic mass is 10.1. The Balaban J connectivity index is 1.80. The monoisotopic (exact) mass is 284 g/mol. The molecule has 22 heavy (non-hydrogen) atoms. The first-order valence-electron chi connectivity index (χ1n) is 6.99. The Labute approximate surface area is 127 Å². The zero-order valence-corrected chi connectivity index (χ0v) is 11.7. The highest BCUT2D eigenvalue weighted by Crippen LogP contribution is 2.22. The van der Waals surface area contributed by atoms with Crippen LogP contribution in [0.3, 0.4) is 0 Å². The molecule has 0 bridgehead atoms. The zero-order valence-electron chi connectivity index (χ0n) is 11.7. The standard InChI is InChI=1S/C18H12N4/c1-2-5-13(6-3-1)17-12-20-16-9-15(11-21-18(16)22-17)14-7-4-8-19-10-14/h1-12H. The smallest absolute Gasteiger partial charge is 0.178 e. The molecule has 4 aromatic rings. The van der Waals surface area contributed by atoms with Gasteiger partial charge in [0, 0.05) is 35.3 Å². The highest BCUT2D eigenvalue weighted by Gasteiger charge is 2.05. The van der Waals surface area contributed by atoms with Crippen molar-refractivity contribution >= 4 is 11.2 Å². The van der Waals surface area contributed by atoms with Crippen molar-refractivity contribution in [1.82, 2.24) is 19.9 Å². The highest BCUT2D eigenvalue weighted by molar-refractivity contribution is 5.78. The molecule has 0 atom stereocenters. The Bertz CT molecular complexity index is 842. The fraction of sp³-hybridized carbons (Fsp3) is 0. The van der Waals surface area contributed by atoms with Crippen molar-refractivity contribution in [3.63, 3.8) is 0 Å². The molecule has 1 aromatic carbocycles. The number of pyridine rings is 2. The number of benzene rings is 1. The number of nitrogens with zero attached hydrogens (tertiary/aromatic N) is 4. The van der Waals surface area contributed by atoms with Gasteiger partial charge in [-0.15, -0.1) is 0 Å². The van der Waals surface area contributed by atoms with E-state index in [1.807, 2.05) is 60.9 Å². The first-order valence-corrected chi connectivity index (χ1v) is 6.99. The highest BCUT2D eigenvalue weighted by atomic mass is 14.9. The minimum Gasteiger partial charge on any atom is -0.264 e. The van der Waals surface area contributed by atoms with Crippen LogP contribution in [0.25, 0.3) is 33.5 Å². The summed E-state index contributed by atoms with van der Waals surface area (Å²) in [5, 5.41) is 0. The summed E-state index contributed by atoms with van der Waals surface area (Å²) in [6.45, 7) is 0. The van der Waals surface area contributed by atoms with Gasteiger partial charge in [0.1, 0.15) is 5.52 Å². The maximum atomic E-state index is 4.59. The number of hydrogen-bond donors (Lipinski definition) is 0. The average molecular weight is 284 g/mol. The van der Waals surface area contributed by atoms with Crippen LogP contribution in [-0.4, -0.2) is 19.9 Å². The Hall–Kier alpha value is -3.14. The third kappa shape index (κ3) is 2.31. The zero-order chi connectivity index (χ0) is 14.8. The molecule has 4 rings (SSSR count). The van der Waals surface area contributed by atoms with Crippen molar-refractivity contribution in [2.75, 3.05) is 0 Å². The number of hydrogen-bond acceptors (Lipinski definition) is 4. The van der Waals surface area contributed by atoms with Gasteiger partial charge < -0.3 is 0 Å². The predicted octanol–water partition coefficient (Wildman–Crippen LogP) is 3.75. The normalized spacial score (nSPS) is 10.7. The molecule has 4 nitrogen and oxygen atoms in total.